The Labute approximate surface area is 107 Å². The Hall–Kier alpha value is -1.79. The maximum Gasteiger partial charge on any atom is 0.432 e. The van der Waals surface area contributed by atoms with Crippen molar-refractivity contribution >= 4 is 13.8 Å². The molecule has 0 heterocycles. The van der Waals surface area contributed by atoms with Crippen molar-refractivity contribution in [3.8, 4) is 0 Å². The van der Waals surface area contributed by atoms with E-state index in [0.717, 1.165) is 5.56 Å². The van der Waals surface area contributed by atoms with Crippen LogP contribution in [0.1, 0.15) is 12.5 Å². The molecule has 3 N–H and O–H groups in total. The average Bonchev–Trinajstić information content (AvgIpc) is 2.39. The standard InChI is InChI=1S/C12H15NO2.BH3O2/c1-2-3-9-13-12(14)15-10-11-7-5-4-6-8-11;2-1-3/h2-8H,9-10H2,1H3,(H,13,14);1-3H. The minimum Gasteiger partial charge on any atom is -0.445 e. The molecule has 0 radical (unpaired) electrons. The SMILES string of the molecule is CC=CCNC(=O)OCc1ccccc1.OBO. The highest BCUT2D eigenvalue weighted by molar-refractivity contribution is 6.13. The second-order valence-electron chi connectivity index (χ2n) is 3.15. The second-order valence-corrected chi connectivity index (χ2v) is 3.15. The molecule has 1 aromatic carbocycles. The predicted molar refractivity (Wildman–Crippen MR) is 71.0 cm³/mol. The lowest BCUT2D eigenvalue weighted by Crippen LogP contribution is -2.24. The average molecular weight is 251 g/mol. The van der Waals surface area contributed by atoms with E-state index in [1.54, 1.807) is 0 Å². The molecule has 18 heavy (non-hydrogen) atoms. The molecule has 1 amide bonds. The van der Waals surface area contributed by atoms with Crippen molar-refractivity contribution in [1.82, 2.24) is 5.32 Å². The lowest BCUT2D eigenvalue weighted by atomic mass is 10.2. The van der Waals surface area contributed by atoms with Crippen LogP contribution in [0, 0.1) is 0 Å². The first kappa shape index (κ1) is 16.2. The van der Waals surface area contributed by atoms with Gasteiger partial charge in [-0.15, -0.1) is 0 Å². The van der Waals surface area contributed by atoms with E-state index >= 15 is 0 Å². The van der Waals surface area contributed by atoms with Gasteiger partial charge in [-0.2, -0.15) is 0 Å². The normalized spacial score (nSPS) is 9.28. The van der Waals surface area contributed by atoms with Gasteiger partial charge in [-0.05, 0) is 12.5 Å². The highest BCUT2D eigenvalue weighted by Gasteiger charge is 1.99. The zero-order chi connectivity index (χ0) is 13.6. The van der Waals surface area contributed by atoms with Crippen molar-refractivity contribution in [3.63, 3.8) is 0 Å². The van der Waals surface area contributed by atoms with E-state index in [9.17, 15) is 4.79 Å². The predicted octanol–water partition coefficient (Wildman–Crippen LogP) is 0.726. The minimum absolute atomic E-state index is 0.308. The number of benzene rings is 1. The summed E-state index contributed by atoms with van der Waals surface area (Å²) in [4.78, 5) is 11.1. The van der Waals surface area contributed by atoms with E-state index in [-0.39, 0.29) is 0 Å². The molecule has 0 saturated heterocycles. The summed E-state index contributed by atoms with van der Waals surface area (Å²) in [5.74, 6) is 0. The lowest BCUT2D eigenvalue weighted by Gasteiger charge is -2.04. The number of alkyl carbamates (subject to hydrolysis) is 1. The summed E-state index contributed by atoms with van der Waals surface area (Å²) in [6.45, 7) is 2.71. The van der Waals surface area contributed by atoms with Gasteiger partial charge >= 0.3 is 13.8 Å². The number of rotatable bonds is 4. The zero-order valence-corrected chi connectivity index (χ0v) is 10.4. The maximum atomic E-state index is 11.1. The molecule has 0 aliphatic carbocycles. The van der Waals surface area contributed by atoms with E-state index in [4.69, 9.17) is 14.8 Å². The first-order valence-electron chi connectivity index (χ1n) is 5.52. The van der Waals surface area contributed by atoms with Crippen molar-refractivity contribution in [1.29, 1.82) is 0 Å². The smallest absolute Gasteiger partial charge is 0.432 e. The van der Waals surface area contributed by atoms with Gasteiger partial charge in [0.15, 0.2) is 0 Å². The van der Waals surface area contributed by atoms with Crippen LogP contribution in [0.4, 0.5) is 4.79 Å². The van der Waals surface area contributed by atoms with E-state index in [1.807, 2.05) is 49.4 Å². The van der Waals surface area contributed by atoms with Gasteiger partial charge in [0.05, 0.1) is 0 Å². The quantitative estimate of drug-likeness (QED) is 0.544. The van der Waals surface area contributed by atoms with Gasteiger partial charge in [0.1, 0.15) is 6.61 Å². The Balaban J connectivity index is 0.000000873. The maximum absolute atomic E-state index is 11.1. The number of ether oxygens (including phenoxy) is 1. The van der Waals surface area contributed by atoms with Gasteiger partial charge in [0.25, 0.3) is 0 Å². The van der Waals surface area contributed by atoms with Gasteiger partial charge in [-0.3, -0.25) is 0 Å². The van der Waals surface area contributed by atoms with Crippen molar-refractivity contribution < 1.29 is 19.6 Å². The third-order valence-electron chi connectivity index (χ3n) is 1.81. The Kier molecular flexibility index (Phi) is 10.5. The molecule has 1 aromatic rings. The van der Waals surface area contributed by atoms with Crippen LogP contribution in [0.5, 0.6) is 0 Å². The van der Waals surface area contributed by atoms with E-state index in [1.165, 1.54) is 0 Å². The summed E-state index contributed by atoms with van der Waals surface area (Å²) in [6, 6.07) is 9.58. The summed E-state index contributed by atoms with van der Waals surface area (Å²) >= 11 is 0. The Bertz CT molecular complexity index is 343. The summed E-state index contributed by atoms with van der Waals surface area (Å²) in [5.41, 5.74) is 0.985. The van der Waals surface area contributed by atoms with Gasteiger partial charge in [-0.1, -0.05) is 42.5 Å². The van der Waals surface area contributed by atoms with Crippen LogP contribution in [-0.4, -0.2) is 30.4 Å². The highest BCUT2D eigenvalue weighted by atomic mass is 16.5. The van der Waals surface area contributed by atoms with Crippen LogP contribution < -0.4 is 5.32 Å². The first-order valence-corrected chi connectivity index (χ1v) is 5.52. The topological polar surface area (TPSA) is 78.8 Å². The highest BCUT2D eigenvalue weighted by Crippen LogP contribution is 2.00. The van der Waals surface area contributed by atoms with Gasteiger partial charge < -0.3 is 20.1 Å². The Morgan fingerprint density at radius 1 is 1.39 bits per heavy atom. The molecular formula is C12H18BNO4. The number of amides is 1. The minimum atomic E-state index is -0.750. The molecule has 0 spiro atoms. The third kappa shape index (κ3) is 9.44. The zero-order valence-electron chi connectivity index (χ0n) is 10.4. The molecule has 0 atom stereocenters. The fourth-order valence-electron chi connectivity index (χ4n) is 1.03. The number of carbonyl (C=O) groups is 1. The van der Waals surface area contributed by atoms with Crippen molar-refractivity contribution in [2.24, 2.45) is 0 Å². The Morgan fingerprint density at radius 2 is 2.00 bits per heavy atom. The molecule has 0 aliphatic heterocycles. The van der Waals surface area contributed by atoms with E-state index < -0.39 is 13.8 Å². The van der Waals surface area contributed by atoms with E-state index in [2.05, 4.69) is 5.32 Å². The van der Waals surface area contributed by atoms with Crippen LogP contribution in [0.15, 0.2) is 42.5 Å². The molecule has 0 fully saturated rings. The number of nitrogens with one attached hydrogen (secondary N) is 1. The first-order chi connectivity index (χ1) is 8.74. The van der Waals surface area contributed by atoms with Crippen molar-refractivity contribution in [2.45, 2.75) is 13.5 Å². The molecule has 0 unspecified atom stereocenters. The number of carbonyl (C=O) groups excluding carboxylic acids is 1. The number of hydrogen-bond acceptors (Lipinski definition) is 4. The van der Waals surface area contributed by atoms with Gasteiger partial charge in [0.2, 0.25) is 0 Å². The van der Waals surface area contributed by atoms with Crippen LogP contribution in [-0.2, 0) is 11.3 Å². The third-order valence-corrected chi connectivity index (χ3v) is 1.81. The van der Waals surface area contributed by atoms with Gasteiger partial charge in [0, 0.05) is 6.54 Å². The monoisotopic (exact) mass is 251 g/mol. The fourth-order valence-corrected chi connectivity index (χ4v) is 1.03. The van der Waals surface area contributed by atoms with Crippen LogP contribution >= 0.6 is 0 Å². The molecule has 6 heteroatoms. The second kappa shape index (κ2) is 11.7. The summed E-state index contributed by atoms with van der Waals surface area (Å²) in [5, 5.41) is 16.9. The molecule has 0 saturated carbocycles. The summed E-state index contributed by atoms with van der Waals surface area (Å²) < 4.78 is 4.99. The van der Waals surface area contributed by atoms with E-state index in [0.29, 0.717) is 13.2 Å². The molecule has 1 rings (SSSR count). The van der Waals surface area contributed by atoms with Crippen LogP contribution in [0.2, 0.25) is 0 Å². The van der Waals surface area contributed by atoms with Crippen molar-refractivity contribution in [3.05, 3.63) is 48.0 Å². The largest absolute Gasteiger partial charge is 0.445 e. The summed E-state index contributed by atoms with van der Waals surface area (Å²) in [7, 11) is -0.750. The van der Waals surface area contributed by atoms with Gasteiger partial charge in [-0.25, -0.2) is 4.79 Å². The van der Waals surface area contributed by atoms with Crippen LogP contribution in [0.25, 0.3) is 0 Å². The molecule has 98 valence electrons. The Morgan fingerprint density at radius 3 is 2.56 bits per heavy atom. The molecule has 0 aliphatic rings. The summed E-state index contributed by atoms with van der Waals surface area (Å²) in [6.07, 6.45) is 3.33. The molecule has 0 bridgehead atoms. The number of hydrogen-bond donors (Lipinski definition) is 3. The van der Waals surface area contributed by atoms with Crippen LogP contribution in [0.3, 0.4) is 0 Å². The molecule has 0 aromatic heterocycles. The fraction of sp³-hybridized carbons (Fsp3) is 0.250. The molecular weight excluding hydrogens is 233 g/mol. The lowest BCUT2D eigenvalue weighted by molar-refractivity contribution is 0.140. The molecule has 5 nitrogen and oxygen atoms in total. The number of allylic oxidation sites excluding steroid dienone is 1. The van der Waals surface area contributed by atoms with Crippen molar-refractivity contribution in [2.75, 3.05) is 6.54 Å².